The first-order valence-electron chi connectivity index (χ1n) is 9.52. The van der Waals surface area contributed by atoms with Gasteiger partial charge in [-0.3, -0.25) is 9.78 Å². The van der Waals surface area contributed by atoms with Crippen molar-refractivity contribution >= 4 is 26.8 Å². The minimum atomic E-state index is -3.62. The first-order valence-corrected chi connectivity index (χ1v) is 11.0. The second-order valence-electron chi connectivity index (χ2n) is 7.53. The minimum Gasteiger partial charge on any atom is -0.353 e. The van der Waals surface area contributed by atoms with Gasteiger partial charge >= 0.3 is 0 Å². The highest BCUT2D eigenvalue weighted by molar-refractivity contribution is 7.89. The average Bonchev–Trinajstić information content (AvgIpc) is 3.08. The molecule has 0 saturated carbocycles. The molecule has 6 nitrogen and oxygen atoms in total. The lowest BCUT2D eigenvalue weighted by Crippen LogP contribution is -2.33. The third-order valence-corrected chi connectivity index (χ3v) is 7.10. The van der Waals surface area contributed by atoms with E-state index in [1.54, 1.807) is 25.4 Å². The van der Waals surface area contributed by atoms with Gasteiger partial charge in [0.15, 0.2) is 0 Å². The van der Waals surface area contributed by atoms with Gasteiger partial charge in [-0.25, -0.2) is 8.42 Å². The monoisotopic (exact) mass is 409 g/mol. The van der Waals surface area contributed by atoms with Crippen molar-refractivity contribution in [3.05, 3.63) is 71.4 Å². The molecule has 3 aromatic rings. The molecule has 0 radical (unpaired) electrons. The van der Waals surface area contributed by atoms with Crippen LogP contribution in [0.5, 0.6) is 0 Å². The van der Waals surface area contributed by atoms with Gasteiger partial charge in [0.25, 0.3) is 0 Å². The van der Waals surface area contributed by atoms with Gasteiger partial charge < -0.3 is 5.32 Å². The summed E-state index contributed by atoms with van der Waals surface area (Å²) in [5.41, 5.74) is 3.86. The average molecular weight is 410 g/mol. The third kappa shape index (κ3) is 4.02. The fourth-order valence-corrected chi connectivity index (χ4v) is 5.10. The van der Waals surface area contributed by atoms with Crippen molar-refractivity contribution in [3.63, 3.8) is 0 Å². The van der Waals surface area contributed by atoms with Crippen LogP contribution in [-0.4, -0.2) is 36.7 Å². The van der Waals surface area contributed by atoms with Gasteiger partial charge in [-0.15, -0.1) is 0 Å². The van der Waals surface area contributed by atoms with Crippen LogP contribution >= 0.6 is 0 Å². The van der Waals surface area contributed by atoms with Gasteiger partial charge in [0.05, 0.1) is 10.4 Å². The molecule has 0 unspecified atom stereocenters. The first kappa shape index (κ1) is 19.5. The smallest absolute Gasteiger partial charge is 0.243 e. The maximum atomic E-state index is 13.1. The van der Waals surface area contributed by atoms with Crippen molar-refractivity contribution in [1.29, 1.82) is 0 Å². The van der Waals surface area contributed by atoms with E-state index >= 15 is 0 Å². The van der Waals surface area contributed by atoms with Gasteiger partial charge in [0.1, 0.15) is 0 Å². The fraction of sp³-hybridized carbons (Fsp3) is 0.273. The van der Waals surface area contributed by atoms with Crippen molar-refractivity contribution in [2.24, 2.45) is 0 Å². The number of aromatic nitrogens is 1. The van der Waals surface area contributed by atoms with E-state index in [-0.39, 0.29) is 23.4 Å². The predicted octanol–water partition coefficient (Wildman–Crippen LogP) is 2.66. The molecule has 7 heteroatoms. The molecule has 1 N–H and O–H groups in total. The third-order valence-electron chi connectivity index (χ3n) is 5.30. The Morgan fingerprint density at radius 2 is 1.93 bits per heavy atom. The van der Waals surface area contributed by atoms with Crippen LogP contribution in [0, 0.1) is 0 Å². The number of nitrogens with one attached hydrogen (secondary N) is 1. The van der Waals surface area contributed by atoms with Gasteiger partial charge in [0, 0.05) is 38.1 Å². The summed E-state index contributed by atoms with van der Waals surface area (Å²) in [7, 11) is -2.03. The molecule has 4 rings (SSSR count). The highest BCUT2D eigenvalue weighted by Crippen LogP contribution is 2.27. The summed E-state index contributed by atoms with van der Waals surface area (Å²) in [5, 5.41) is 3.90. The van der Waals surface area contributed by atoms with Crippen LogP contribution in [0.2, 0.25) is 0 Å². The Morgan fingerprint density at radius 1 is 1.14 bits per heavy atom. The van der Waals surface area contributed by atoms with E-state index in [4.69, 9.17) is 0 Å². The molecule has 1 aromatic heterocycles. The van der Waals surface area contributed by atoms with E-state index in [9.17, 15) is 13.2 Å². The Bertz CT molecular complexity index is 1190. The van der Waals surface area contributed by atoms with Crippen LogP contribution < -0.4 is 5.32 Å². The molecule has 0 saturated heterocycles. The molecule has 29 heavy (non-hydrogen) atoms. The van der Waals surface area contributed by atoms with E-state index in [2.05, 4.69) is 10.3 Å². The van der Waals surface area contributed by atoms with Crippen LogP contribution in [0.15, 0.2) is 59.6 Å². The molecular weight excluding hydrogens is 386 g/mol. The number of carbonyl (C=O) groups excluding carboxylic acids is 1. The Hall–Kier alpha value is -2.77. The minimum absolute atomic E-state index is 0.0318. The summed E-state index contributed by atoms with van der Waals surface area (Å²) in [6.45, 7) is 1.77. The molecule has 0 bridgehead atoms. The number of nitrogens with zero attached hydrogens (tertiary/aromatic N) is 2. The molecule has 1 atom stereocenters. The van der Waals surface area contributed by atoms with Gasteiger partial charge in [-0.2, -0.15) is 4.31 Å². The number of pyridine rings is 1. The quantitative estimate of drug-likeness (QED) is 0.703. The Balaban J connectivity index is 1.54. The number of benzene rings is 2. The molecule has 0 spiro atoms. The summed E-state index contributed by atoms with van der Waals surface area (Å²) >= 11 is 0. The fourth-order valence-electron chi connectivity index (χ4n) is 3.89. The standard InChI is InChI=1S/C22H23N3O3S/c1-15(26)24-20-11-17-6-7-21(13-19(17)12-20)29(27,28)25(2)14-16-5-8-22-18(10-16)4-3-9-23-22/h3-10,13,20H,11-12,14H2,1-2H3,(H,24,26)/t20-/m1/s1. The lowest BCUT2D eigenvalue weighted by Gasteiger charge is -2.18. The predicted molar refractivity (Wildman–Crippen MR) is 112 cm³/mol. The molecular formula is C22H23N3O3S. The topological polar surface area (TPSA) is 79.4 Å². The lowest BCUT2D eigenvalue weighted by atomic mass is 10.1. The molecule has 2 aromatic carbocycles. The zero-order chi connectivity index (χ0) is 20.6. The lowest BCUT2D eigenvalue weighted by molar-refractivity contribution is -0.119. The van der Waals surface area contributed by atoms with Crippen LogP contribution in [0.25, 0.3) is 10.9 Å². The molecule has 0 aliphatic heterocycles. The van der Waals surface area contributed by atoms with Crippen LogP contribution in [0.1, 0.15) is 23.6 Å². The van der Waals surface area contributed by atoms with Crippen molar-refractivity contribution in [1.82, 2.24) is 14.6 Å². The van der Waals surface area contributed by atoms with Gasteiger partial charge in [-0.1, -0.05) is 18.2 Å². The second kappa shape index (κ2) is 7.57. The summed E-state index contributed by atoms with van der Waals surface area (Å²) in [5.74, 6) is -0.0685. The molecule has 1 heterocycles. The Labute approximate surface area is 170 Å². The molecule has 0 fully saturated rings. The van der Waals surface area contributed by atoms with Crippen LogP contribution in [-0.2, 0) is 34.2 Å². The molecule has 150 valence electrons. The Kier molecular flexibility index (Phi) is 5.10. The number of hydrogen-bond donors (Lipinski definition) is 1. The summed E-state index contributed by atoms with van der Waals surface area (Å²) in [6, 6.07) is 14.9. The summed E-state index contributed by atoms with van der Waals surface area (Å²) < 4.78 is 27.6. The first-order chi connectivity index (χ1) is 13.8. The van der Waals surface area contributed by atoms with E-state index in [0.29, 0.717) is 6.42 Å². The van der Waals surface area contributed by atoms with Crippen molar-refractivity contribution < 1.29 is 13.2 Å². The zero-order valence-corrected chi connectivity index (χ0v) is 17.2. The van der Waals surface area contributed by atoms with E-state index in [1.807, 2.05) is 36.4 Å². The van der Waals surface area contributed by atoms with Crippen molar-refractivity contribution in [3.8, 4) is 0 Å². The van der Waals surface area contributed by atoms with Crippen LogP contribution in [0.3, 0.4) is 0 Å². The number of carbonyl (C=O) groups is 1. The number of amides is 1. The second-order valence-corrected chi connectivity index (χ2v) is 9.57. The van der Waals surface area contributed by atoms with Crippen molar-refractivity contribution in [2.75, 3.05) is 7.05 Å². The van der Waals surface area contributed by atoms with Gasteiger partial charge in [-0.05, 0) is 59.9 Å². The summed E-state index contributed by atoms with van der Waals surface area (Å²) in [4.78, 5) is 15.9. The van der Waals surface area contributed by atoms with E-state index in [1.165, 1.54) is 11.2 Å². The number of rotatable bonds is 5. The normalized spacial score (nSPS) is 16.2. The largest absolute Gasteiger partial charge is 0.353 e. The molecule has 1 aliphatic rings. The molecule has 1 aliphatic carbocycles. The number of fused-ring (bicyclic) bond motifs is 2. The number of hydrogen-bond acceptors (Lipinski definition) is 4. The zero-order valence-electron chi connectivity index (χ0n) is 16.4. The van der Waals surface area contributed by atoms with E-state index < -0.39 is 10.0 Å². The maximum Gasteiger partial charge on any atom is 0.243 e. The summed E-state index contributed by atoms with van der Waals surface area (Å²) in [6.07, 6.45) is 3.12. The Morgan fingerprint density at radius 3 is 2.72 bits per heavy atom. The highest BCUT2D eigenvalue weighted by Gasteiger charge is 2.26. The molecule has 1 amide bonds. The van der Waals surface area contributed by atoms with Gasteiger partial charge in [0.2, 0.25) is 15.9 Å². The SMILES string of the molecule is CC(=O)N[C@@H]1Cc2ccc(S(=O)(=O)N(C)Cc3ccc4ncccc4c3)cc2C1. The van der Waals surface area contributed by atoms with Crippen LogP contribution in [0.4, 0.5) is 0 Å². The number of sulfonamides is 1. The highest BCUT2D eigenvalue weighted by atomic mass is 32.2. The van der Waals surface area contributed by atoms with Crippen molar-refractivity contribution in [2.45, 2.75) is 37.2 Å². The van der Waals surface area contributed by atoms with E-state index in [0.717, 1.165) is 34.0 Å². The maximum absolute atomic E-state index is 13.1.